The van der Waals surface area contributed by atoms with E-state index in [9.17, 15) is 18.4 Å². The molecule has 20 heavy (non-hydrogen) atoms. The van der Waals surface area contributed by atoms with E-state index in [4.69, 9.17) is 5.11 Å². The fourth-order valence-electron chi connectivity index (χ4n) is 1.76. The van der Waals surface area contributed by atoms with Gasteiger partial charge in [-0.15, -0.1) is 0 Å². The number of carboxylic acid groups (broad SMARTS) is 1. The minimum Gasteiger partial charge on any atom is -0.480 e. The fourth-order valence-corrected chi connectivity index (χ4v) is 1.76. The third kappa shape index (κ3) is 4.95. The molecule has 4 nitrogen and oxygen atoms in total. The number of unbranched alkanes of at least 4 members (excludes halogenated alkanes) is 1. The number of rotatable bonds is 7. The quantitative estimate of drug-likeness (QED) is 0.807. The molecule has 110 valence electrons. The van der Waals surface area contributed by atoms with Crippen molar-refractivity contribution in [1.29, 1.82) is 0 Å². The largest absolute Gasteiger partial charge is 0.480 e. The van der Waals surface area contributed by atoms with Gasteiger partial charge in [-0.05, 0) is 24.6 Å². The van der Waals surface area contributed by atoms with E-state index in [-0.39, 0.29) is 12.0 Å². The molecule has 0 fully saturated rings. The fraction of sp³-hybridized carbons (Fsp3) is 0.429. The van der Waals surface area contributed by atoms with Crippen molar-refractivity contribution in [2.75, 3.05) is 0 Å². The van der Waals surface area contributed by atoms with Gasteiger partial charge in [-0.25, -0.2) is 13.6 Å². The molecule has 1 rings (SSSR count). The number of aliphatic carboxylic acids is 1. The molecule has 1 atom stereocenters. The van der Waals surface area contributed by atoms with Crippen molar-refractivity contribution in [2.24, 2.45) is 0 Å². The molecule has 0 aliphatic carbocycles. The maximum absolute atomic E-state index is 13.4. The van der Waals surface area contributed by atoms with Crippen molar-refractivity contribution in [2.45, 2.75) is 38.6 Å². The van der Waals surface area contributed by atoms with Crippen LogP contribution in [0.5, 0.6) is 0 Å². The van der Waals surface area contributed by atoms with Crippen LogP contribution in [0, 0.1) is 11.6 Å². The Labute approximate surface area is 115 Å². The molecule has 0 heterocycles. The van der Waals surface area contributed by atoms with Crippen LogP contribution in [-0.2, 0) is 16.0 Å². The highest BCUT2D eigenvalue weighted by molar-refractivity contribution is 5.84. The third-order valence-corrected chi connectivity index (χ3v) is 2.84. The van der Waals surface area contributed by atoms with Crippen molar-refractivity contribution in [3.05, 3.63) is 35.4 Å². The Morgan fingerprint density at radius 2 is 2.05 bits per heavy atom. The molecular weight excluding hydrogens is 268 g/mol. The summed E-state index contributed by atoms with van der Waals surface area (Å²) >= 11 is 0. The highest BCUT2D eigenvalue weighted by Gasteiger charge is 2.20. The zero-order chi connectivity index (χ0) is 15.1. The van der Waals surface area contributed by atoms with Gasteiger partial charge in [0, 0.05) is 5.56 Å². The second-order valence-electron chi connectivity index (χ2n) is 4.51. The molecule has 0 aliphatic heterocycles. The summed E-state index contributed by atoms with van der Waals surface area (Å²) in [5.41, 5.74) is -0.0952. The summed E-state index contributed by atoms with van der Waals surface area (Å²) in [6.45, 7) is 1.91. The first-order valence-corrected chi connectivity index (χ1v) is 6.40. The summed E-state index contributed by atoms with van der Waals surface area (Å²) in [6.07, 6.45) is 1.38. The maximum Gasteiger partial charge on any atom is 0.326 e. The number of nitrogens with one attached hydrogen (secondary N) is 1. The lowest BCUT2D eigenvalue weighted by atomic mass is 10.1. The molecule has 0 saturated heterocycles. The molecule has 0 aromatic heterocycles. The standard InChI is InChI=1S/C14H17F2NO3/c1-2-3-4-12(14(19)20)17-13(18)8-9-7-10(15)5-6-11(9)16/h5-7,12H,2-4,8H2,1H3,(H,17,18)(H,19,20)/t12-/m0/s1. The van der Waals surface area contributed by atoms with Gasteiger partial charge in [-0.2, -0.15) is 0 Å². The van der Waals surface area contributed by atoms with Crippen LogP contribution in [0.2, 0.25) is 0 Å². The highest BCUT2D eigenvalue weighted by atomic mass is 19.1. The molecule has 1 aromatic carbocycles. The topological polar surface area (TPSA) is 66.4 Å². The van der Waals surface area contributed by atoms with Gasteiger partial charge in [0.15, 0.2) is 0 Å². The number of carbonyl (C=O) groups excluding carboxylic acids is 1. The first-order valence-electron chi connectivity index (χ1n) is 6.40. The van der Waals surface area contributed by atoms with Crippen LogP contribution >= 0.6 is 0 Å². The lowest BCUT2D eigenvalue weighted by Crippen LogP contribution is -2.41. The Kier molecular flexibility index (Phi) is 6.09. The van der Waals surface area contributed by atoms with Gasteiger partial charge in [0.1, 0.15) is 17.7 Å². The minimum absolute atomic E-state index is 0.0952. The van der Waals surface area contributed by atoms with E-state index in [2.05, 4.69) is 5.32 Å². The number of hydrogen-bond acceptors (Lipinski definition) is 2. The zero-order valence-electron chi connectivity index (χ0n) is 11.2. The third-order valence-electron chi connectivity index (χ3n) is 2.84. The van der Waals surface area contributed by atoms with Crippen molar-refractivity contribution >= 4 is 11.9 Å². The molecular formula is C14H17F2NO3. The molecule has 0 aliphatic rings. The summed E-state index contributed by atoms with van der Waals surface area (Å²) in [5.74, 6) is -3.11. The Morgan fingerprint density at radius 3 is 2.65 bits per heavy atom. The predicted molar refractivity (Wildman–Crippen MR) is 69.2 cm³/mol. The Hall–Kier alpha value is -1.98. The Bertz CT molecular complexity index is 491. The van der Waals surface area contributed by atoms with Crippen molar-refractivity contribution in [3.8, 4) is 0 Å². The average molecular weight is 285 g/mol. The number of hydrogen-bond donors (Lipinski definition) is 2. The summed E-state index contributed by atoms with van der Waals surface area (Å²) < 4.78 is 26.3. The normalized spacial score (nSPS) is 11.9. The SMILES string of the molecule is CCCC[C@H](NC(=O)Cc1cc(F)ccc1F)C(=O)O. The number of amides is 1. The van der Waals surface area contributed by atoms with Gasteiger partial charge in [0.05, 0.1) is 6.42 Å². The van der Waals surface area contributed by atoms with Crippen LogP contribution in [0.25, 0.3) is 0 Å². The van der Waals surface area contributed by atoms with Gasteiger partial charge >= 0.3 is 5.97 Å². The van der Waals surface area contributed by atoms with E-state index in [1.807, 2.05) is 6.92 Å². The molecule has 0 bridgehead atoms. The van der Waals surface area contributed by atoms with E-state index in [1.165, 1.54) is 0 Å². The molecule has 0 unspecified atom stereocenters. The predicted octanol–water partition coefficient (Wildman–Crippen LogP) is 2.27. The van der Waals surface area contributed by atoms with Crippen molar-refractivity contribution < 1.29 is 23.5 Å². The van der Waals surface area contributed by atoms with Gasteiger partial charge in [-0.3, -0.25) is 4.79 Å². The first kappa shape index (κ1) is 16.1. The van der Waals surface area contributed by atoms with E-state index in [1.54, 1.807) is 0 Å². The minimum atomic E-state index is -1.13. The van der Waals surface area contributed by atoms with E-state index in [0.717, 1.165) is 24.6 Å². The average Bonchev–Trinajstić information content (AvgIpc) is 2.38. The van der Waals surface area contributed by atoms with Gasteiger partial charge in [-0.1, -0.05) is 19.8 Å². The van der Waals surface area contributed by atoms with Crippen LogP contribution < -0.4 is 5.32 Å². The van der Waals surface area contributed by atoms with Crippen LogP contribution in [0.1, 0.15) is 31.7 Å². The van der Waals surface area contributed by atoms with E-state index >= 15 is 0 Å². The van der Waals surface area contributed by atoms with Crippen LogP contribution in [0.15, 0.2) is 18.2 Å². The zero-order valence-corrected chi connectivity index (χ0v) is 11.2. The summed E-state index contributed by atoms with van der Waals surface area (Å²) in [5, 5.41) is 11.3. The maximum atomic E-state index is 13.4. The molecule has 0 radical (unpaired) electrons. The second-order valence-corrected chi connectivity index (χ2v) is 4.51. The summed E-state index contributed by atoms with van der Waals surface area (Å²) in [6, 6.07) is 1.82. The smallest absolute Gasteiger partial charge is 0.326 e. The molecule has 1 amide bonds. The Balaban J connectivity index is 2.65. The van der Waals surface area contributed by atoms with Crippen molar-refractivity contribution in [3.63, 3.8) is 0 Å². The lowest BCUT2D eigenvalue weighted by molar-refractivity contribution is -0.142. The van der Waals surface area contributed by atoms with Gasteiger partial charge in [0.2, 0.25) is 5.91 Å². The lowest BCUT2D eigenvalue weighted by Gasteiger charge is -2.14. The number of halogens is 2. The van der Waals surface area contributed by atoms with Crippen LogP contribution in [-0.4, -0.2) is 23.0 Å². The molecule has 1 aromatic rings. The first-order chi connectivity index (χ1) is 9.43. The molecule has 0 saturated carbocycles. The number of carbonyl (C=O) groups is 2. The molecule has 2 N–H and O–H groups in total. The monoisotopic (exact) mass is 285 g/mol. The van der Waals surface area contributed by atoms with Gasteiger partial charge < -0.3 is 10.4 Å². The number of benzene rings is 1. The molecule has 6 heteroatoms. The second kappa shape index (κ2) is 7.57. The van der Waals surface area contributed by atoms with Crippen molar-refractivity contribution in [1.82, 2.24) is 5.32 Å². The summed E-state index contributed by atoms with van der Waals surface area (Å²) in [7, 11) is 0. The van der Waals surface area contributed by atoms with Crippen LogP contribution in [0.4, 0.5) is 8.78 Å². The Morgan fingerprint density at radius 1 is 1.35 bits per heavy atom. The van der Waals surface area contributed by atoms with E-state index < -0.39 is 29.6 Å². The summed E-state index contributed by atoms with van der Waals surface area (Å²) in [4.78, 5) is 22.7. The highest BCUT2D eigenvalue weighted by Crippen LogP contribution is 2.10. The van der Waals surface area contributed by atoms with Crippen LogP contribution in [0.3, 0.4) is 0 Å². The van der Waals surface area contributed by atoms with E-state index in [0.29, 0.717) is 12.8 Å². The number of carboxylic acids is 1. The molecule has 0 spiro atoms. The van der Waals surface area contributed by atoms with Gasteiger partial charge in [0.25, 0.3) is 0 Å².